The van der Waals surface area contributed by atoms with Gasteiger partial charge in [0, 0.05) is 29.8 Å². The normalized spacial score (nSPS) is 13.9. The summed E-state index contributed by atoms with van der Waals surface area (Å²) in [4.78, 5) is 23.2. The summed E-state index contributed by atoms with van der Waals surface area (Å²) in [6, 6.07) is 7.77. The predicted octanol–water partition coefficient (Wildman–Crippen LogP) is 4.37. The molecule has 31 heavy (non-hydrogen) atoms. The van der Waals surface area contributed by atoms with Gasteiger partial charge in [0.15, 0.2) is 0 Å². The highest BCUT2D eigenvalue weighted by Crippen LogP contribution is 2.33. The molecule has 1 amide bonds. The van der Waals surface area contributed by atoms with Gasteiger partial charge in [-0.2, -0.15) is 0 Å². The van der Waals surface area contributed by atoms with Gasteiger partial charge in [-0.1, -0.05) is 17.7 Å². The minimum absolute atomic E-state index is 0.00278. The third kappa shape index (κ3) is 4.92. The second-order valence-electron chi connectivity index (χ2n) is 7.09. The van der Waals surface area contributed by atoms with Gasteiger partial charge in [0.1, 0.15) is 23.7 Å². The summed E-state index contributed by atoms with van der Waals surface area (Å²) in [5.74, 6) is 0.206. The van der Waals surface area contributed by atoms with Crippen molar-refractivity contribution in [1.29, 1.82) is 0 Å². The molecule has 4 rings (SSSR count). The molecular formula is C22H21ClFN5O2. The summed E-state index contributed by atoms with van der Waals surface area (Å²) in [5.41, 5.74) is 1.68. The second kappa shape index (κ2) is 9.28. The number of amides is 1. The van der Waals surface area contributed by atoms with Crippen LogP contribution in [-0.4, -0.2) is 47.5 Å². The van der Waals surface area contributed by atoms with Crippen LogP contribution in [0.15, 0.2) is 48.8 Å². The molecule has 1 aromatic heterocycles. The van der Waals surface area contributed by atoms with Crippen LogP contribution in [0.25, 0.3) is 10.9 Å². The Bertz CT molecular complexity index is 1150. The fraction of sp³-hybridized carbons (Fsp3) is 0.227. The lowest BCUT2D eigenvalue weighted by molar-refractivity contribution is -0.111. The van der Waals surface area contributed by atoms with Gasteiger partial charge in [-0.15, -0.1) is 0 Å². The molecule has 0 spiro atoms. The Kier molecular flexibility index (Phi) is 6.29. The van der Waals surface area contributed by atoms with Crippen molar-refractivity contribution in [1.82, 2.24) is 14.9 Å². The van der Waals surface area contributed by atoms with E-state index >= 15 is 0 Å². The van der Waals surface area contributed by atoms with E-state index in [4.69, 9.17) is 16.3 Å². The molecule has 160 valence electrons. The van der Waals surface area contributed by atoms with Gasteiger partial charge in [-0.25, -0.2) is 14.4 Å². The predicted molar refractivity (Wildman–Crippen MR) is 120 cm³/mol. The molecule has 7 nitrogen and oxygen atoms in total. The number of aromatic nitrogens is 2. The van der Waals surface area contributed by atoms with E-state index in [1.54, 1.807) is 18.2 Å². The molecular weight excluding hydrogens is 421 g/mol. The van der Waals surface area contributed by atoms with E-state index in [0.717, 1.165) is 19.6 Å². The van der Waals surface area contributed by atoms with Crippen LogP contribution in [0, 0.1) is 5.82 Å². The Labute approximate surface area is 183 Å². The molecule has 1 saturated heterocycles. The van der Waals surface area contributed by atoms with E-state index in [2.05, 4.69) is 25.5 Å². The first-order valence-electron chi connectivity index (χ1n) is 9.78. The average Bonchev–Trinajstić information content (AvgIpc) is 2.72. The Morgan fingerprint density at radius 2 is 2.13 bits per heavy atom. The maximum Gasteiger partial charge on any atom is 0.248 e. The van der Waals surface area contributed by atoms with Crippen molar-refractivity contribution in [2.45, 2.75) is 6.42 Å². The van der Waals surface area contributed by atoms with Gasteiger partial charge in [0.25, 0.3) is 0 Å². The van der Waals surface area contributed by atoms with Crippen LogP contribution < -0.4 is 15.4 Å². The van der Waals surface area contributed by atoms with E-state index in [1.807, 2.05) is 6.08 Å². The molecule has 2 heterocycles. The number of benzene rings is 2. The maximum absolute atomic E-state index is 13.5. The van der Waals surface area contributed by atoms with Crippen LogP contribution in [0.2, 0.25) is 5.02 Å². The van der Waals surface area contributed by atoms with Gasteiger partial charge >= 0.3 is 0 Å². The number of hydrogen-bond acceptors (Lipinski definition) is 6. The Hall–Kier alpha value is -3.23. The highest BCUT2D eigenvalue weighted by molar-refractivity contribution is 6.31. The number of nitrogens with zero attached hydrogens (tertiary/aromatic N) is 3. The molecule has 1 aliphatic rings. The summed E-state index contributed by atoms with van der Waals surface area (Å²) < 4.78 is 18.9. The fourth-order valence-electron chi connectivity index (χ4n) is 3.21. The van der Waals surface area contributed by atoms with E-state index in [1.165, 1.54) is 38.1 Å². The van der Waals surface area contributed by atoms with E-state index < -0.39 is 5.82 Å². The number of rotatable bonds is 7. The van der Waals surface area contributed by atoms with Gasteiger partial charge in [-0.05, 0) is 43.8 Å². The summed E-state index contributed by atoms with van der Waals surface area (Å²) in [6.07, 6.45) is 5.97. The smallest absolute Gasteiger partial charge is 0.248 e. The zero-order valence-corrected chi connectivity index (χ0v) is 17.6. The van der Waals surface area contributed by atoms with Crippen molar-refractivity contribution in [3.05, 3.63) is 59.7 Å². The average molecular weight is 442 g/mol. The molecule has 0 atom stereocenters. The number of nitrogens with one attached hydrogen (secondary N) is 2. The number of methoxy groups -OCH3 is 1. The third-order valence-electron chi connectivity index (χ3n) is 4.98. The molecule has 0 bridgehead atoms. The van der Waals surface area contributed by atoms with Gasteiger partial charge in [0.2, 0.25) is 5.91 Å². The second-order valence-corrected chi connectivity index (χ2v) is 7.50. The molecule has 3 aromatic rings. The zero-order chi connectivity index (χ0) is 21.8. The molecule has 2 N–H and O–H groups in total. The SMILES string of the molecule is COc1cc2ncnc(Nc3ccc(F)c(Cl)c3)c2cc1NC(=O)/C=C/CN1CCC1. The first-order chi connectivity index (χ1) is 15.0. The molecule has 0 aliphatic carbocycles. The van der Waals surface area contributed by atoms with Crippen LogP contribution in [0.3, 0.4) is 0 Å². The van der Waals surface area contributed by atoms with E-state index in [-0.39, 0.29) is 10.9 Å². The van der Waals surface area contributed by atoms with Crippen molar-refractivity contribution in [3.63, 3.8) is 0 Å². The fourth-order valence-corrected chi connectivity index (χ4v) is 3.39. The summed E-state index contributed by atoms with van der Waals surface area (Å²) >= 11 is 5.87. The minimum Gasteiger partial charge on any atom is -0.494 e. The molecule has 0 unspecified atom stereocenters. The lowest BCUT2D eigenvalue weighted by Gasteiger charge is -2.29. The van der Waals surface area contributed by atoms with Crippen molar-refractivity contribution in [2.75, 3.05) is 37.4 Å². The van der Waals surface area contributed by atoms with Crippen LogP contribution in [-0.2, 0) is 4.79 Å². The highest BCUT2D eigenvalue weighted by Gasteiger charge is 2.14. The van der Waals surface area contributed by atoms with Crippen LogP contribution >= 0.6 is 11.6 Å². The zero-order valence-electron chi connectivity index (χ0n) is 16.9. The summed E-state index contributed by atoms with van der Waals surface area (Å²) in [7, 11) is 1.53. The lowest BCUT2D eigenvalue weighted by atomic mass is 10.1. The van der Waals surface area contributed by atoms with Gasteiger partial charge < -0.3 is 15.4 Å². The standard InChI is InChI=1S/C22H21ClFN5O2/c1-31-20-12-18-15(11-19(20)28-21(30)4-2-7-29-8-3-9-29)22(26-13-25-18)27-14-5-6-17(24)16(23)10-14/h2,4-6,10-13H,3,7-9H2,1H3,(H,28,30)(H,25,26,27)/b4-2+. The number of carbonyl (C=O) groups excluding carboxylic acids is 1. The Balaban J connectivity index is 1.60. The molecule has 0 radical (unpaired) electrons. The molecule has 0 saturated carbocycles. The molecule has 9 heteroatoms. The van der Waals surface area contributed by atoms with Crippen molar-refractivity contribution < 1.29 is 13.9 Å². The van der Waals surface area contributed by atoms with E-state index in [0.29, 0.717) is 33.8 Å². The lowest BCUT2D eigenvalue weighted by Crippen LogP contribution is -2.37. The van der Waals surface area contributed by atoms with Crippen LogP contribution in [0.4, 0.5) is 21.6 Å². The number of ether oxygens (including phenoxy) is 1. The van der Waals surface area contributed by atoms with Crippen molar-refractivity contribution in [3.8, 4) is 5.75 Å². The summed E-state index contributed by atoms with van der Waals surface area (Å²) in [6.45, 7) is 2.89. The van der Waals surface area contributed by atoms with E-state index in [9.17, 15) is 9.18 Å². The van der Waals surface area contributed by atoms with Crippen molar-refractivity contribution in [2.24, 2.45) is 0 Å². The number of anilines is 3. The maximum atomic E-state index is 13.5. The number of carbonyl (C=O) groups is 1. The Morgan fingerprint density at radius 3 is 2.84 bits per heavy atom. The monoisotopic (exact) mass is 441 g/mol. The first-order valence-corrected chi connectivity index (χ1v) is 10.2. The number of likely N-dealkylation sites (tertiary alicyclic amines) is 1. The first kappa shape index (κ1) is 21.0. The topological polar surface area (TPSA) is 79.4 Å². The Morgan fingerprint density at radius 1 is 1.29 bits per heavy atom. The highest BCUT2D eigenvalue weighted by atomic mass is 35.5. The number of hydrogen-bond donors (Lipinski definition) is 2. The third-order valence-corrected chi connectivity index (χ3v) is 5.27. The minimum atomic E-state index is -0.503. The quantitative estimate of drug-likeness (QED) is 0.530. The number of fused-ring (bicyclic) bond motifs is 1. The van der Waals surface area contributed by atoms with Crippen molar-refractivity contribution >= 4 is 45.6 Å². The largest absolute Gasteiger partial charge is 0.494 e. The molecule has 1 aliphatic heterocycles. The molecule has 1 fully saturated rings. The van der Waals surface area contributed by atoms with Crippen LogP contribution in [0.5, 0.6) is 5.75 Å². The summed E-state index contributed by atoms with van der Waals surface area (Å²) in [5, 5.41) is 6.62. The van der Waals surface area contributed by atoms with Gasteiger partial charge in [-0.3, -0.25) is 9.69 Å². The molecule has 2 aromatic carbocycles. The van der Waals surface area contributed by atoms with Crippen LogP contribution in [0.1, 0.15) is 6.42 Å². The number of halogens is 2. The van der Waals surface area contributed by atoms with Gasteiger partial charge in [0.05, 0.1) is 23.3 Å².